The summed E-state index contributed by atoms with van der Waals surface area (Å²) in [4.78, 5) is 11.4. The van der Waals surface area contributed by atoms with E-state index >= 15 is 0 Å². The molecule has 0 aromatic carbocycles. The smallest absolute Gasteiger partial charge is 0.220 e. The molecule has 5 heteroatoms. The maximum absolute atomic E-state index is 11.4. The molecule has 5 N–H and O–H groups in total. The van der Waals surface area contributed by atoms with Gasteiger partial charge in [-0.3, -0.25) is 4.79 Å². The molecule has 0 atom stereocenters. The number of hydrogen-bond acceptors (Lipinski definition) is 4. The molecule has 0 unspecified atom stereocenters. The summed E-state index contributed by atoms with van der Waals surface area (Å²) in [5.41, 5.74) is 5.42. The van der Waals surface area contributed by atoms with Crippen LogP contribution < -0.4 is 21.7 Å². The summed E-state index contributed by atoms with van der Waals surface area (Å²) in [6, 6.07) is 0. The largest absolute Gasteiger partial charge is 0.356 e. The van der Waals surface area contributed by atoms with E-state index in [-0.39, 0.29) is 5.91 Å². The van der Waals surface area contributed by atoms with Crippen LogP contribution in [0.2, 0.25) is 0 Å². The number of nitrogens with one attached hydrogen (secondary N) is 3. The van der Waals surface area contributed by atoms with Gasteiger partial charge < -0.3 is 21.7 Å². The average molecular weight is 298 g/mol. The van der Waals surface area contributed by atoms with E-state index in [0.717, 1.165) is 58.5 Å². The summed E-state index contributed by atoms with van der Waals surface area (Å²) >= 11 is 0. The second-order valence-corrected chi connectivity index (χ2v) is 5.16. The molecule has 0 rings (SSSR count). The minimum atomic E-state index is 0.150. The van der Waals surface area contributed by atoms with Crippen LogP contribution in [0.5, 0.6) is 0 Å². The third-order valence-corrected chi connectivity index (χ3v) is 3.14. The van der Waals surface area contributed by atoms with E-state index in [0.29, 0.717) is 6.42 Å². The molecular formula is C16H34N4O. The molecule has 124 valence electrons. The maximum atomic E-state index is 11.4. The van der Waals surface area contributed by atoms with Crippen molar-refractivity contribution in [1.29, 1.82) is 0 Å². The van der Waals surface area contributed by atoms with Crippen LogP contribution in [-0.2, 0) is 4.79 Å². The Labute approximate surface area is 130 Å². The number of carbonyl (C=O) groups is 1. The fourth-order valence-electron chi connectivity index (χ4n) is 1.89. The first-order valence-electron chi connectivity index (χ1n) is 8.30. The fourth-order valence-corrected chi connectivity index (χ4v) is 1.89. The number of nitrogens with two attached hydrogens (primary N) is 1. The lowest BCUT2D eigenvalue weighted by atomic mass is 10.2. The second-order valence-electron chi connectivity index (χ2n) is 5.16. The molecule has 0 aliphatic heterocycles. The van der Waals surface area contributed by atoms with E-state index in [1.165, 1.54) is 12.8 Å². The predicted molar refractivity (Wildman–Crippen MR) is 90.3 cm³/mol. The molecule has 0 aliphatic carbocycles. The predicted octanol–water partition coefficient (Wildman–Crippen LogP) is 1.16. The molecular weight excluding hydrogens is 264 g/mol. The molecule has 0 aromatic rings. The monoisotopic (exact) mass is 298 g/mol. The molecule has 0 fully saturated rings. The lowest BCUT2D eigenvalue weighted by Gasteiger charge is -2.07. The van der Waals surface area contributed by atoms with Crippen LogP contribution in [0.3, 0.4) is 0 Å². The Morgan fingerprint density at radius 3 is 2.19 bits per heavy atom. The molecule has 0 heterocycles. The Morgan fingerprint density at radius 2 is 1.57 bits per heavy atom. The van der Waals surface area contributed by atoms with Gasteiger partial charge in [0.25, 0.3) is 0 Å². The van der Waals surface area contributed by atoms with Gasteiger partial charge in [-0.25, -0.2) is 0 Å². The first kappa shape index (κ1) is 20.1. The molecule has 21 heavy (non-hydrogen) atoms. The summed E-state index contributed by atoms with van der Waals surface area (Å²) in [7, 11) is 0. The molecule has 5 nitrogen and oxygen atoms in total. The van der Waals surface area contributed by atoms with Crippen molar-refractivity contribution < 1.29 is 4.79 Å². The van der Waals surface area contributed by atoms with E-state index < -0.39 is 0 Å². The lowest BCUT2D eigenvalue weighted by molar-refractivity contribution is -0.121. The maximum Gasteiger partial charge on any atom is 0.220 e. The minimum absolute atomic E-state index is 0.150. The fraction of sp³-hybridized carbons (Fsp3) is 0.812. The summed E-state index contributed by atoms with van der Waals surface area (Å²) in [6.45, 7) is 7.62. The van der Waals surface area contributed by atoms with Gasteiger partial charge in [-0.1, -0.05) is 12.2 Å². The Kier molecular flexibility index (Phi) is 16.4. The van der Waals surface area contributed by atoms with E-state index in [9.17, 15) is 4.79 Å². The number of carbonyl (C=O) groups excluding carboxylic acids is 1. The third-order valence-electron chi connectivity index (χ3n) is 3.14. The Bertz CT molecular complexity index is 257. The van der Waals surface area contributed by atoms with Crippen molar-refractivity contribution in [1.82, 2.24) is 16.0 Å². The van der Waals surface area contributed by atoms with E-state index in [1.807, 2.05) is 19.1 Å². The number of rotatable bonds is 15. The van der Waals surface area contributed by atoms with Crippen LogP contribution in [0.1, 0.15) is 45.4 Å². The zero-order chi connectivity index (χ0) is 15.6. The summed E-state index contributed by atoms with van der Waals surface area (Å²) in [6.07, 6.45) is 9.85. The Hall–Kier alpha value is -0.910. The van der Waals surface area contributed by atoms with Crippen molar-refractivity contribution in [2.75, 3.05) is 39.3 Å². The highest BCUT2D eigenvalue weighted by molar-refractivity contribution is 5.75. The van der Waals surface area contributed by atoms with Crippen molar-refractivity contribution in [3.05, 3.63) is 12.2 Å². The van der Waals surface area contributed by atoms with Gasteiger partial charge in [0, 0.05) is 13.0 Å². The van der Waals surface area contributed by atoms with Crippen LogP contribution in [0.15, 0.2) is 12.2 Å². The zero-order valence-electron chi connectivity index (χ0n) is 13.6. The van der Waals surface area contributed by atoms with Gasteiger partial charge in [-0.05, 0) is 71.8 Å². The van der Waals surface area contributed by atoms with Crippen LogP contribution in [0.25, 0.3) is 0 Å². The third kappa shape index (κ3) is 17.0. The van der Waals surface area contributed by atoms with Crippen molar-refractivity contribution in [2.45, 2.75) is 45.4 Å². The minimum Gasteiger partial charge on any atom is -0.356 e. The molecule has 0 spiro atoms. The molecule has 0 saturated carbocycles. The van der Waals surface area contributed by atoms with E-state index in [4.69, 9.17) is 5.73 Å². The Balaban J connectivity index is 3.10. The highest BCUT2D eigenvalue weighted by atomic mass is 16.1. The normalized spacial score (nSPS) is 11.1. The molecule has 0 saturated heterocycles. The Morgan fingerprint density at radius 1 is 0.952 bits per heavy atom. The van der Waals surface area contributed by atoms with Crippen molar-refractivity contribution in [3.63, 3.8) is 0 Å². The first-order chi connectivity index (χ1) is 10.3. The highest BCUT2D eigenvalue weighted by Crippen LogP contribution is 1.90. The lowest BCUT2D eigenvalue weighted by Crippen LogP contribution is -2.27. The zero-order valence-corrected chi connectivity index (χ0v) is 13.6. The van der Waals surface area contributed by atoms with Crippen LogP contribution in [0.4, 0.5) is 0 Å². The topological polar surface area (TPSA) is 79.2 Å². The van der Waals surface area contributed by atoms with Gasteiger partial charge in [0.15, 0.2) is 0 Å². The van der Waals surface area contributed by atoms with E-state index in [1.54, 1.807) is 0 Å². The van der Waals surface area contributed by atoms with E-state index in [2.05, 4.69) is 16.0 Å². The number of unbranched alkanes of at least 4 members (excludes halogenated alkanes) is 1. The average Bonchev–Trinajstić information content (AvgIpc) is 2.48. The highest BCUT2D eigenvalue weighted by Gasteiger charge is 1.97. The van der Waals surface area contributed by atoms with Crippen LogP contribution in [-0.4, -0.2) is 45.2 Å². The molecule has 0 radical (unpaired) electrons. The van der Waals surface area contributed by atoms with Crippen molar-refractivity contribution in [2.24, 2.45) is 5.73 Å². The molecule has 0 aliphatic rings. The molecule has 1 amide bonds. The van der Waals surface area contributed by atoms with Crippen LogP contribution >= 0.6 is 0 Å². The summed E-state index contributed by atoms with van der Waals surface area (Å²) in [5, 5.41) is 9.71. The summed E-state index contributed by atoms with van der Waals surface area (Å²) in [5.74, 6) is 0.150. The number of allylic oxidation sites excluding steroid dienone is 2. The van der Waals surface area contributed by atoms with Gasteiger partial charge in [0.2, 0.25) is 5.91 Å². The summed E-state index contributed by atoms with van der Waals surface area (Å²) < 4.78 is 0. The molecule has 0 bridgehead atoms. The standard InChI is InChI=1S/C16H34N4O/c1-2-3-4-9-16(21)20-15-8-14-19-12-6-5-11-18-13-7-10-17/h2-3,18-19H,4-15,17H2,1H3,(H,20,21)/b3-2+. The second kappa shape index (κ2) is 17.1. The van der Waals surface area contributed by atoms with Crippen molar-refractivity contribution in [3.8, 4) is 0 Å². The van der Waals surface area contributed by atoms with Crippen molar-refractivity contribution >= 4 is 5.91 Å². The SMILES string of the molecule is C/C=C/CCC(=O)NCCCNCCCCNCCCN. The van der Waals surface area contributed by atoms with Gasteiger partial charge in [-0.2, -0.15) is 0 Å². The number of hydrogen-bond donors (Lipinski definition) is 4. The van der Waals surface area contributed by atoms with Gasteiger partial charge >= 0.3 is 0 Å². The number of amides is 1. The quantitative estimate of drug-likeness (QED) is 0.270. The first-order valence-corrected chi connectivity index (χ1v) is 8.30. The molecule has 0 aromatic heterocycles. The van der Waals surface area contributed by atoms with Gasteiger partial charge in [0.05, 0.1) is 0 Å². The van der Waals surface area contributed by atoms with Crippen LogP contribution in [0, 0.1) is 0 Å². The van der Waals surface area contributed by atoms with Gasteiger partial charge in [-0.15, -0.1) is 0 Å². The van der Waals surface area contributed by atoms with Gasteiger partial charge in [0.1, 0.15) is 0 Å².